The molecule has 1 aliphatic rings. The van der Waals surface area contributed by atoms with Gasteiger partial charge in [-0.05, 0) is 57.5 Å². The zero-order valence-corrected chi connectivity index (χ0v) is 22.0. The molecular formula is C26H25Cl2N7O2. The van der Waals surface area contributed by atoms with Crippen LogP contribution in [0.3, 0.4) is 0 Å². The van der Waals surface area contributed by atoms with Crippen LogP contribution >= 0.6 is 23.2 Å². The molecule has 2 aromatic carbocycles. The number of carbonyl (C=O) groups excluding carboxylic acids is 1. The summed E-state index contributed by atoms with van der Waals surface area (Å²) in [5, 5.41) is 14.6. The Morgan fingerprint density at radius 2 is 1.89 bits per heavy atom. The number of aromatic nitrogens is 5. The van der Waals surface area contributed by atoms with Crippen molar-refractivity contribution in [3.8, 4) is 16.9 Å². The summed E-state index contributed by atoms with van der Waals surface area (Å²) in [4.78, 5) is 33.7. The topological polar surface area (TPSA) is 109 Å². The summed E-state index contributed by atoms with van der Waals surface area (Å²) in [7, 11) is 0. The maximum atomic E-state index is 13.8. The molecule has 0 bridgehead atoms. The van der Waals surface area contributed by atoms with Gasteiger partial charge < -0.3 is 10.2 Å². The molecule has 0 spiro atoms. The summed E-state index contributed by atoms with van der Waals surface area (Å²) >= 11 is 12.2. The first-order valence-electron chi connectivity index (χ1n) is 11.9. The summed E-state index contributed by atoms with van der Waals surface area (Å²) in [5.41, 5.74) is 3.72. The number of nitrogens with one attached hydrogen (secondary N) is 2. The predicted molar refractivity (Wildman–Crippen MR) is 143 cm³/mol. The van der Waals surface area contributed by atoms with Gasteiger partial charge in [-0.3, -0.25) is 9.59 Å². The van der Waals surface area contributed by atoms with Gasteiger partial charge in [0, 0.05) is 28.8 Å². The number of hydrogen-bond acceptors (Lipinski definition) is 6. The second kappa shape index (κ2) is 9.99. The number of nitrogens with zero attached hydrogens (tertiary/aromatic N) is 5. The van der Waals surface area contributed by atoms with E-state index in [1.54, 1.807) is 33.9 Å². The van der Waals surface area contributed by atoms with Crippen LogP contribution in [0.2, 0.25) is 10.0 Å². The molecule has 2 aromatic heterocycles. The van der Waals surface area contributed by atoms with E-state index in [-0.39, 0.29) is 30.1 Å². The highest BCUT2D eigenvalue weighted by Gasteiger charge is 2.32. The van der Waals surface area contributed by atoms with Crippen LogP contribution in [0.1, 0.15) is 42.4 Å². The van der Waals surface area contributed by atoms with Crippen molar-refractivity contribution < 1.29 is 4.79 Å². The van der Waals surface area contributed by atoms with E-state index < -0.39 is 0 Å². The average Bonchev–Trinajstić information content (AvgIpc) is 3.41. The van der Waals surface area contributed by atoms with Gasteiger partial charge >= 0.3 is 0 Å². The number of fused-ring (bicyclic) bond motifs is 1. The van der Waals surface area contributed by atoms with Crippen LogP contribution in [0.4, 0.5) is 5.95 Å². The van der Waals surface area contributed by atoms with E-state index >= 15 is 0 Å². The van der Waals surface area contributed by atoms with Crippen molar-refractivity contribution in [3.63, 3.8) is 0 Å². The third kappa shape index (κ3) is 4.84. The van der Waals surface area contributed by atoms with Crippen LogP contribution in [0.25, 0.3) is 16.9 Å². The molecule has 1 aliphatic heterocycles. The number of amides is 1. The molecular weight excluding hydrogens is 513 g/mol. The lowest BCUT2D eigenvalue weighted by Gasteiger charge is -2.34. The first-order chi connectivity index (χ1) is 17.7. The summed E-state index contributed by atoms with van der Waals surface area (Å²) in [6, 6.07) is 12.1. The van der Waals surface area contributed by atoms with E-state index in [2.05, 4.69) is 20.7 Å². The van der Waals surface area contributed by atoms with Gasteiger partial charge in [0.2, 0.25) is 5.95 Å². The second-order valence-corrected chi connectivity index (χ2v) is 10.1. The summed E-state index contributed by atoms with van der Waals surface area (Å²) in [6.45, 7) is 6.09. The minimum atomic E-state index is -0.212. The number of carbonyl (C=O) groups is 1. The average molecular weight is 538 g/mol. The zero-order valence-electron chi connectivity index (χ0n) is 20.5. The highest BCUT2D eigenvalue weighted by molar-refractivity contribution is 6.42. The molecule has 0 aliphatic carbocycles. The van der Waals surface area contributed by atoms with E-state index in [4.69, 9.17) is 28.2 Å². The molecule has 190 valence electrons. The number of H-pyrrole nitrogens is 1. The van der Waals surface area contributed by atoms with E-state index in [1.807, 2.05) is 45.0 Å². The third-order valence-electron chi connectivity index (χ3n) is 6.30. The van der Waals surface area contributed by atoms with Crippen LogP contribution in [0.15, 0.2) is 53.5 Å². The maximum Gasteiger partial charge on any atom is 0.263 e. The Hall–Kier alpha value is -3.69. The largest absolute Gasteiger partial charge is 0.353 e. The lowest BCUT2D eigenvalue weighted by molar-refractivity contribution is 0.0653. The van der Waals surface area contributed by atoms with E-state index in [1.165, 1.54) is 0 Å². The number of hydrogen-bond donors (Lipinski definition) is 2. The Morgan fingerprint density at radius 3 is 2.54 bits per heavy atom. The molecule has 3 heterocycles. The summed E-state index contributed by atoms with van der Waals surface area (Å²) < 4.78 is 1.59. The van der Waals surface area contributed by atoms with Gasteiger partial charge in [-0.25, -0.2) is 9.55 Å². The van der Waals surface area contributed by atoms with Crippen molar-refractivity contribution in [1.29, 1.82) is 0 Å². The lowest BCUT2D eigenvalue weighted by atomic mass is 9.98. The minimum absolute atomic E-state index is 0.0297. The molecule has 0 saturated heterocycles. The first kappa shape index (κ1) is 25.0. The normalized spacial score (nSPS) is 15.1. The van der Waals surface area contributed by atoms with Gasteiger partial charge in [-0.1, -0.05) is 35.3 Å². The van der Waals surface area contributed by atoms with Crippen LogP contribution in [-0.4, -0.2) is 47.9 Å². The maximum absolute atomic E-state index is 13.8. The number of anilines is 1. The summed E-state index contributed by atoms with van der Waals surface area (Å²) in [5.74, 6) is 0.230. The minimum Gasteiger partial charge on any atom is -0.353 e. The molecule has 2 N–H and O–H groups in total. The highest BCUT2D eigenvalue weighted by Crippen LogP contribution is 2.28. The monoisotopic (exact) mass is 537 g/mol. The van der Waals surface area contributed by atoms with Gasteiger partial charge in [0.05, 0.1) is 34.2 Å². The number of aromatic amines is 1. The Kier molecular flexibility index (Phi) is 6.74. The zero-order chi connectivity index (χ0) is 26.3. The SMILES string of the molecule is CC(C)Nc1nc2c(c(=O)n1-c1ccc(-c3cn[nH]n3)cc1)C[C@@H](C)N(C(=O)c1ccc(Cl)c(Cl)c1)C2. The Bertz CT molecular complexity index is 1520. The van der Waals surface area contributed by atoms with Crippen molar-refractivity contribution in [2.45, 2.75) is 45.8 Å². The molecule has 1 atom stereocenters. The van der Waals surface area contributed by atoms with Gasteiger partial charge in [-0.2, -0.15) is 15.4 Å². The Labute approximate surface area is 223 Å². The van der Waals surface area contributed by atoms with Gasteiger partial charge in [0.15, 0.2) is 0 Å². The van der Waals surface area contributed by atoms with E-state index in [0.29, 0.717) is 50.6 Å². The van der Waals surface area contributed by atoms with Crippen LogP contribution in [-0.2, 0) is 13.0 Å². The first-order valence-corrected chi connectivity index (χ1v) is 12.6. The Balaban J connectivity index is 1.54. The van der Waals surface area contributed by atoms with Crippen LogP contribution in [0, 0.1) is 0 Å². The predicted octanol–water partition coefficient (Wildman–Crippen LogP) is 4.73. The van der Waals surface area contributed by atoms with E-state index in [0.717, 1.165) is 5.56 Å². The summed E-state index contributed by atoms with van der Waals surface area (Å²) in [6.07, 6.45) is 2.02. The number of halogens is 2. The quantitative estimate of drug-likeness (QED) is 0.380. The highest BCUT2D eigenvalue weighted by atomic mass is 35.5. The van der Waals surface area contributed by atoms with Crippen LogP contribution < -0.4 is 10.9 Å². The molecule has 5 rings (SSSR count). The molecule has 0 fully saturated rings. The molecule has 0 unspecified atom stereocenters. The second-order valence-electron chi connectivity index (χ2n) is 9.32. The van der Waals surface area contributed by atoms with Gasteiger partial charge in [-0.15, -0.1) is 0 Å². The van der Waals surface area contributed by atoms with Crippen molar-refractivity contribution in [1.82, 2.24) is 29.9 Å². The molecule has 0 saturated carbocycles. The number of rotatable bonds is 5. The molecule has 4 aromatic rings. The van der Waals surface area contributed by atoms with Crippen molar-refractivity contribution in [2.75, 3.05) is 5.32 Å². The van der Waals surface area contributed by atoms with Gasteiger partial charge in [0.25, 0.3) is 11.5 Å². The third-order valence-corrected chi connectivity index (χ3v) is 7.03. The molecule has 0 radical (unpaired) electrons. The molecule has 1 amide bonds. The molecule has 37 heavy (non-hydrogen) atoms. The smallest absolute Gasteiger partial charge is 0.263 e. The number of benzene rings is 2. The van der Waals surface area contributed by atoms with Gasteiger partial charge in [0.1, 0.15) is 5.69 Å². The fraction of sp³-hybridized carbons (Fsp3) is 0.269. The molecule has 9 nitrogen and oxygen atoms in total. The lowest BCUT2D eigenvalue weighted by Crippen LogP contribution is -2.46. The van der Waals surface area contributed by atoms with Crippen LogP contribution in [0.5, 0.6) is 0 Å². The molecule has 11 heteroatoms. The standard InChI is InChI=1S/C26H25Cl2N7O2/c1-14(2)30-26-31-23-13-34(24(36)17-6-9-20(27)21(28)11-17)15(3)10-19(23)25(37)35(26)18-7-4-16(5-8-18)22-12-29-33-32-22/h4-9,11-12,14-15H,10,13H2,1-3H3,(H,30,31)(H,29,32,33)/t15-/m1/s1. The fourth-order valence-electron chi connectivity index (χ4n) is 4.44. The van der Waals surface area contributed by atoms with Crippen molar-refractivity contribution in [3.05, 3.63) is 85.9 Å². The van der Waals surface area contributed by atoms with Crippen molar-refractivity contribution in [2.24, 2.45) is 0 Å². The van der Waals surface area contributed by atoms with Crippen molar-refractivity contribution >= 4 is 35.1 Å². The fourth-order valence-corrected chi connectivity index (χ4v) is 4.74. The van der Waals surface area contributed by atoms with E-state index in [9.17, 15) is 9.59 Å². The Morgan fingerprint density at radius 1 is 1.14 bits per heavy atom.